The summed E-state index contributed by atoms with van der Waals surface area (Å²) in [6, 6.07) is 24.8. The highest BCUT2D eigenvalue weighted by molar-refractivity contribution is 6.45. The molecule has 5 rings (SSSR count). The molecule has 154 valence electrons. The highest BCUT2D eigenvalue weighted by Gasteiger charge is 2.43. The average molecular weight is 410 g/mol. The van der Waals surface area contributed by atoms with E-state index in [9.17, 15) is 9.59 Å². The zero-order valence-electron chi connectivity index (χ0n) is 17.2. The fourth-order valence-corrected chi connectivity index (χ4v) is 4.40. The van der Waals surface area contributed by atoms with Crippen LogP contribution in [0.5, 0.6) is 5.75 Å². The van der Waals surface area contributed by atoms with Crippen LogP contribution in [0.3, 0.4) is 0 Å². The Morgan fingerprint density at radius 1 is 0.774 bits per heavy atom. The van der Waals surface area contributed by atoms with Crippen molar-refractivity contribution in [2.75, 3.05) is 18.6 Å². The molecule has 0 unspecified atom stereocenters. The van der Waals surface area contributed by atoms with Gasteiger partial charge in [-0.05, 0) is 35.2 Å². The summed E-state index contributed by atoms with van der Waals surface area (Å²) in [5, 5.41) is 0. The van der Waals surface area contributed by atoms with Gasteiger partial charge in [0, 0.05) is 13.1 Å². The third kappa shape index (κ3) is 3.19. The van der Waals surface area contributed by atoms with Crippen molar-refractivity contribution in [3.8, 4) is 5.75 Å². The fourth-order valence-electron chi connectivity index (χ4n) is 4.40. The van der Waals surface area contributed by atoms with Crippen LogP contribution in [0, 0.1) is 0 Å². The summed E-state index contributed by atoms with van der Waals surface area (Å²) in [4.78, 5) is 30.7. The first-order valence-electron chi connectivity index (χ1n) is 10.3. The number of anilines is 1. The molecule has 2 amide bonds. The van der Waals surface area contributed by atoms with Crippen LogP contribution in [0.2, 0.25) is 0 Å². The number of para-hydroxylation sites is 2. The summed E-state index contributed by atoms with van der Waals surface area (Å²) in [6.07, 6.45) is 0.831. The molecule has 0 saturated heterocycles. The second-order valence-corrected chi connectivity index (χ2v) is 7.65. The van der Waals surface area contributed by atoms with Gasteiger partial charge < -0.3 is 9.64 Å². The Labute approximate surface area is 181 Å². The normalized spacial score (nSPS) is 16.0. The lowest BCUT2D eigenvalue weighted by Gasteiger charge is -2.31. The van der Waals surface area contributed by atoms with Gasteiger partial charge in [0.25, 0.3) is 11.8 Å². The Kier molecular flexibility index (Phi) is 4.79. The fraction of sp³-hybridized carbons (Fsp3) is 0.154. The monoisotopic (exact) mass is 410 g/mol. The molecule has 5 nitrogen and oxygen atoms in total. The second kappa shape index (κ2) is 7.76. The summed E-state index contributed by atoms with van der Waals surface area (Å²) in [6.45, 7) is 1.28. The number of hydrogen-bond acceptors (Lipinski definition) is 4. The van der Waals surface area contributed by atoms with E-state index in [-0.39, 0.29) is 11.8 Å². The highest BCUT2D eigenvalue weighted by atomic mass is 16.5. The Balaban J connectivity index is 1.63. The zero-order valence-corrected chi connectivity index (χ0v) is 17.2. The molecule has 0 radical (unpaired) electrons. The average Bonchev–Trinajstić information content (AvgIpc) is 3.09. The van der Waals surface area contributed by atoms with Gasteiger partial charge in [-0.3, -0.25) is 9.59 Å². The molecule has 3 aromatic carbocycles. The molecule has 0 fully saturated rings. The Morgan fingerprint density at radius 3 is 2.23 bits per heavy atom. The third-order valence-electron chi connectivity index (χ3n) is 5.89. The van der Waals surface area contributed by atoms with E-state index in [1.54, 1.807) is 18.2 Å². The number of carbonyl (C=O) groups is 2. The first kappa shape index (κ1) is 19.1. The van der Waals surface area contributed by atoms with Crippen LogP contribution in [0.4, 0.5) is 5.69 Å². The van der Waals surface area contributed by atoms with E-state index in [1.165, 1.54) is 23.1 Å². The molecule has 0 saturated carbocycles. The Bertz CT molecular complexity index is 1200. The quantitative estimate of drug-likeness (QED) is 0.609. The molecular formula is C26H22N2O3. The number of rotatable bonds is 4. The SMILES string of the molecule is COc1ccccc1N1C(=O)C(c2ccccc2)=C(N2CCc3ccccc3C2)C1=O. The maximum absolute atomic E-state index is 13.7. The number of fused-ring (bicyclic) bond motifs is 1. The number of imide groups is 1. The molecule has 0 atom stereocenters. The summed E-state index contributed by atoms with van der Waals surface area (Å²) >= 11 is 0. The highest BCUT2D eigenvalue weighted by Crippen LogP contribution is 2.39. The second-order valence-electron chi connectivity index (χ2n) is 7.65. The topological polar surface area (TPSA) is 49.9 Å². The number of benzene rings is 3. The zero-order chi connectivity index (χ0) is 21.4. The number of amides is 2. The molecule has 5 heteroatoms. The molecule has 0 N–H and O–H groups in total. The van der Waals surface area contributed by atoms with Crippen LogP contribution in [0.15, 0.2) is 84.6 Å². The number of ether oxygens (including phenoxy) is 1. The van der Waals surface area contributed by atoms with Gasteiger partial charge in [0.15, 0.2) is 0 Å². The van der Waals surface area contributed by atoms with E-state index in [1.807, 2.05) is 53.4 Å². The summed E-state index contributed by atoms with van der Waals surface area (Å²) in [5.74, 6) is -0.149. The van der Waals surface area contributed by atoms with Gasteiger partial charge in [-0.25, -0.2) is 4.90 Å². The molecule has 2 aliphatic heterocycles. The molecule has 0 bridgehead atoms. The Morgan fingerprint density at radius 2 is 1.45 bits per heavy atom. The van der Waals surface area contributed by atoms with Gasteiger partial charge in [0.1, 0.15) is 11.4 Å². The van der Waals surface area contributed by atoms with E-state index in [2.05, 4.69) is 12.1 Å². The Hall–Kier alpha value is -3.86. The lowest BCUT2D eigenvalue weighted by molar-refractivity contribution is -0.120. The van der Waals surface area contributed by atoms with Gasteiger partial charge in [0.05, 0.1) is 18.4 Å². The van der Waals surface area contributed by atoms with Gasteiger partial charge in [-0.15, -0.1) is 0 Å². The largest absolute Gasteiger partial charge is 0.495 e. The molecule has 0 aliphatic carbocycles. The van der Waals surface area contributed by atoms with Crippen LogP contribution in [0.1, 0.15) is 16.7 Å². The van der Waals surface area contributed by atoms with Crippen LogP contribution in [0.25, 0.3) is 5.57 Å². The first-order chi connectivity index (χ1) is 15.2. The van der Waals surface area contributed by atoms with Crippen LogP contribution >= 0.6 is 0 Å². The minimum atomic E-state index is -0.324. The molecule has 3 aromatic rings. The van der Waals surface area contributed by atoms with Gasteiger partial charge >= 0.3 is 0 Å². The van der Waals surface area contributed by atoms with Crippen LogP contribution in [-0.2, 0) is 22.6 Å². The predicted molar refractivity (Wildman–Crippen MR) is 119 cm³/mol. The lowest BCUT2D eigenvalue weighted by atomic mass is 9.98. The molecule has 0 spiro atoms. The van der Waals surface area contributed by atoms with Crippen molar-refractivity contribution in [3.05, 3.63) is 101 Å². The van der Waals surface area contributed by atoms with Crippen LogP contribution < -0.4 is 9.64 Å². The maximum Gasteiger partial charge on any atom is 0.282 e. The lowest BCUT2D eigenvalue weighted by Crippen LogP contribution is -2.37. The van der Waals surface area contributed by atoms with Crippen molar-refractivity contribution in [2.45, 2.75) is 13.0 Å². The maximum atomic E-state index is 13.7. The van der Waals surface area contributed by atoms with Crippen molar-refractivity contribution < 1.29 is 14.3 Å². The minimum absolute atomic E-state index is 0.312. The number of carbonyl (C=O) groups excluding carboxylic acids is 2. The number of nitrogens with zero attached hydrogens (tertiary/aromatic N) is 2. The summed E-state index contributed by atoms with van der Waals surface area (Å²) < 4.78 is 5.44. The van der Waals surface area contributed by atoms with E-state index >= 15 is 0 Å². The minimum Gasteiger partial charge on any atom is -0.495 e. The predicted octanol–water partition coefficient (Wildman–Crippen LogP) is 4.04. The van der Waals surface area contributed by atoms with Crippen molar-refractivity contribution >= 4 is 23.1 Å². The van der Waals surface area contributed by atoms with Crippen molar-refractivity contribution in [3.63, 3.8) is 0 Å². The first-order valence-corrected chi connectivity index (χ1v) is 10.3. The van der Waals surface area contributed by atoms with E-state index < -0.39 is 0 Å². The van der Waals surface area contributed by atoms with Gasteiger partial charge in [-0.2, -0.15) is 0 Å². The third-order valence-corrected chi connectivity index (χ3v) is 5.89. The summed E-state index contributed by atoms with van der Waals surface area (Å²) in [5.41, 5.74) is 4.57. The van der Waals surface area contributed by atoms with Gasteiger partial charge in [-0.1, -0.05) is 66.7 Å². The molecule has 2 aliphatic rings. The van der Waals surface area contributed by atoms with Crippen molar-refractivity contribution in [2.24, 2.45) is 0 Å². The van der Waals surface area contributed by atoms with Crippen molar-refractivity contribution in [1.29, 1.82) is 0 Å². The van der Waals surface area contributed by atoms with Gasteiger partial charge in [0.2, 0.25) is 0 Å². The van der Waals surface area contributed by atoms with E-state index in [4.69, 9.17) is 4.74 Å². The number of methoxy groups -OCH3 is 1. The molecule has 2 heterocycles. The van der Waals surface area contributed by atoms with Crippen molar-refractivity contribution in [1.82, 2.24) is 4.90 Å². The molecule has 0 aromatic heterocycles. The number of hydrogen-bond donors (Lipinski definition) is 0. The molecule has 31 heavy (non-hydrogen) atoms. The van der Waals surface area contributed by atoms with Crippen LogP contribution in [-0.4, -0.2) is 30.4 Å². The standard InChI is InChI=1S/C26H22N2O3/c1-31-22-14-8-7-13-21(22)28-25(29)23(19-10-3-2-4-11-19)24(26(28)30)27-16-15-18-9-5-6-12-20(18)17-27/h2-14H,15-17H2,1H3. The van der Waals surface area contributed by atoms with E-state index in [0.29, 0.717) is 35.8 Å². The summed E-state index contributed by atoms with van der Waals surface area (Å²) in [7, 11) is 1.54. The molecular weight excluding hydrogens is 388 g/mol. The smallest absolute Gasteiger partial charge is 0.282 e. The van der Waals surface area contributed by atoms with E-state index in [0.717, 1.165) is 12.0 Å².